The Morgan fingerprint density at radius 2 is 2.06 bits per heavy atom. The Bertz CT molecular complexity index is 293. The summed E-state index contributed by atoms with van der Waals surface area (Å²) in [6.45, 7) is 0. The molecule has 0 aromatic rings. The molecule has 0 bridgehead atoms. The van der Waals surface area contributed by atoms with Crippen molar-refractivity contribution in [3.8, 4) is 0 Å². The van der Waals surface area contributed by atoms with Crippen molar-refractivity contribution in [1.82, 2.24) is 10.6 Å². The highest BCUT2D eigenvalue weighted by Crippen LogP contribution is 2.18. The van der Waals surface area contributed by atoms with Crippen molar-refractivity contribution in [2.75, 3.05) is 0 Å². The van der Waals surface area contributed by atoms with E-state index in [9.17, 15) is 14.7 Å². The Kier molecular flexibility index (Phi) is 3.43. The van der Waals surface area contributed by atoms with Gasteiger partial charge < -0.3 is 15.7 Å². The molecule has 1 aliphatic carbocycles. The van der Waals surface area contributed by atoms with Crippen LogP contribution in [-0.2, 0) is 9.59 Å². The number of hydrogen-bond acceptors (Lipinski definition) is 3. The van der Waals surface area contributed by atoms with Crippen molar-refractivity contribution in [2.24, 2.45) is 0 Å². The molecule has 0 aromatic carbocycles. The maximum Gasteiger partial charge on any atom is 0.242 e. The molecule has 2 rings (SSSR count). The third-order valence-electron chi connectivity index (χ3n) is 3.37. The minimum absolute atomic E-state index is 0.0654. The highest BCUT2D eigenvalue weighted by Gasteiger charge is 2.31. The first-order chi connectivity index (χ1) is 7.66. The van der Waals surface area contributed by atoms with E-state index in [1.807, 2.05) is 0 Å². The monoisotopic (exact) mass is 226 g/mol. The van der Waals surface area contributed by atoms with Crippen molar-refractivity contribution in [3.05, 3.63) is 0 Å². The maximum absolute atomic E-state index is 11.8. The Morgan fingerprint density at radius 1 is 1.31 bits per heavy atom. The average molecular weight is 226 g/mol. The van der Waals surface area contributed by atoms with Gasteiger partial charge in [0.1, 0.15) is 6.04 Å². The quantitative estimate of drug-likeness (QED) is 0.604. The molecule has 90 valence electrons. The van der Waals surface area contributed by atoms with Gasteiger partial charge in [0, 0.05) is 6.42 Å². The van der Waals surface area contributed by atoms with Crippen LogP contribution in [0.15, 0.2) is 0 Å². The molecule has 3 atom stereocenters. The lowest BCUT2D eigenvalue weighted by molar-refractivity contribution is -0.127. The van der Waals surface area contributed by atoms with Crippen molar-refractivity contribution >= 4 is 11.8 Å². The molecular weight excluding hydrogens is 208 g/mol. The van der Waals surface area contributed by atoms with E-state index in [1.54, 1.807) is 0 Å². The molecule has 0 aromatic heterocycles. The zero-order valence-corrected chi connectivity index (χ0v) is 9.24. The first-order valence-electron chi connectivity index (χ1n) is 5.94. The predicted octanol–water partition coefficient (Wildman–Crippen LogP) is -0.315. The van der Waals surface area contributed by atoms with Crippen LogP contribution in [0.4, 0.5) is 0 Å². The Labute approximate surface area is 94.6 Å². The molecule has 1 saturated carbocycles. The number of amides is 2. The van der Waals surface area contributed by atoms with E-state index in [1.165, 1.54) is 0 Å². The van der Waals surface area contributed by atoms with Crippen LogP contribution in [0.2, 0.25) is 0 Å². The van der Waals surface area contributed by atoms with Crippen LogP contribution in [0, 0.1) is 0 Å². The number of aliphatic hydroxyl groups excluding tert-OH is 1. The van der Waals surface area contributed by atoms with Gasteiger partial charge in [0.05, 0.1) is 12.1 Å². The van der Waals surface area contributed by atoms with E-state index in [0.29, 0.717) is 12.8 Å². The molecule has 1 saturated heterocycles. The average Bonchev–Trinajstić information content (AvgIpc) is 2.68. The summed E-state index contributed by atoms with van der Waals surface area (Å²) in [6.07, 6.45) is 4.19. The largest absolute Gasteiger partial charge is 0.391 e. The number of carbonyl (C=O) groups is 2. The molecule has 5 heteroatoms. The zero-order valence-electron chi connectivity index (χ0n) is 9.24. The topological polar surface area (TPSA) is 78.4 Å². The lowest BCUT2D eigenvalue weighted by Crippen LogP contribution is -2.50. The van der Waals surface area contributed by atoms with E-state index in [-0.39, 0.29) is 17.9 Å². The summed E-state index contributed by atoms with van der Waals surface area (Å²) >= 11 is 0. The van der Waals surface area contributed by atoms with Gasteiger partial charge in [0.2, 0.25) is 11.8 Å². The summed E-state index contributed by atoms with van der Waals surface area (Å²) in [5.41, 5.74) is 0. The van der Waals surface area contributed by atoms with Crippen LogP contribution in [-0.4, -0.2) is 35.1 Å². The molecule has 1 aliphatic heterocycles. The summed E-state index contributed by atoms with van der Waals surface area (Å²) < 4.78 is 0. The first-order valence-corrected chi connectivity index (χ1v) is 5.94. The van der Waals surface area contributed by atoms with Gasteiger partial charge in [-0.25, -0.2) is 0 Å². The SMILES string of the molecule is O=C1CCC(C(=O)N[C@@H]2CCCC[C@H]2O)N1. The number of carbonyl (C=O) groups excluding carboxylic acids is 2. The third kappa shape index (κ3) is 2.52. The second-order valence-corrected chi connectivity index (χ2v) is 4.63. The molecule has 2 fully saturated rings. The van der Waals surface area contributed by atoms with Gasteiger partial charge in [-0.15, -0.1) is 0 Å². The van der Waals surface area contributed by atoms with E-state index >= 15 is 0 Å². The number of rotatable bonds is 2. The summed E-state index contributed by atoms with van der Waals surface area (Å²) in [5.74, 6) is -0.221. The van der Waals surface area contributed by atoms with E-state index in [2.05, 4.69) is 10.6 Å². The first kappa shape index (κ1) is 11.4. The summed E-state index contributed by atoms with van der Waals surface area (Å²) in [4.78, 5) is 22.7. The van der Waals surface area contributed by atoms with Crippen LogP contribution < -0.4 is 10.6 Å². The van der Waals surface area contributed by atoms with Crippen LogP contribution in [0.3, 0.4) is 0 Å². The molecule has 16 heavy (non-hydrogen) atoms. The fourth-order valence-corrected chi connectivity index (χ4v) is 2.37. The molecule has 0 spiro atoms. The fraction of sp³-hybridized carbons (Fsp3) is 0.818. The van der Waals surface area contributed by atoms with Gasteiger partial charge >= 0.3 is 0 Å². The van der Waals surface area contributed by atoms with Crippen LogP contribution in [0.1, 0.15) is 38.5 Å². The van der Waals surface area contributed by atoms with Crippen LogP contribution in [0.5, 0.6) is 0 Å². The van der Waals surface area contributed by atoms with E-state index in [0.717, 1.165) is 25.7 Å². The maximum atomic E-state index is 11.8. The number of aliphatic hydroxyl groups is 1. The van der Waals surface area contributed by atoms with Gasteiger partial charge in [-0.1, -0.05) is 12.8 Å². The molecule has 3 N–H and O–H groups in total. The molecule has 1 unspecified atom stereocenters. The number of hydrogen-bond donors (Lipinski definition) is 3. The van der Waals surface area contributed by atoms with E-state index < -0.39 is 12.1 Å². The standard InChI is InChI=1S/C11H18N2O3/c14-9-4-2-1-3-7(9)13-11(16)8-5-6-10(15)12-8/h7-9,14H,1-6H2,(H,12,15)(H,13,16)/t7-,8?,9-/m1/s1. The van der Waals surface area contributed by atoms with Crippen molar-refractivity contribution in [1.29, 1.82) is 0 Å². The Morgan fingerprint density at radius 3 is 2.69 bits per heavy atom. The smallest absolute Gasteiger partial charge is 0.242 e. The summed E-state index contributed by atoms with van der Waals surface area (Å²) in [7, 11) is 0. The lowest BCUT2D eigenvalue weighted by atomic mass is 9.92. The normalized spacial score (nSPS) is 34.6. The van der Waals surface area contributed by atoms with Crippen LogP contribution >= 0.6 is 0 Å². The molecular formula is C11H18N2O3. The van der Waals surface area contributed by atoms with Gasteiger partial charge in [-0.3, -0.25) is 9.59 Å². The van der Waals surface area contributed by atoms with Gasteiger partial charge in [-0.2, -0.15) is 0 Å². The van der Waals surface area contributed by atoms with Crippen LogP contribution in [0.25, 0.3) is 0 Å². The second-order valence-electron chi connectivity index (χ2n) is 4.63. The Balaban J connectivity index is 1.84. The molecule has 2 amide bonds. The second kappa shape index (κ2) is 4.82. The lowest BCUT2D eigenvalue weighted by Gasteiger charge is -2.29. The van der Waals surface area contributed by atoms with Crippen molar-refractivity contribution < 1.29 is 14.7 Å². The minimum atomic E-state index is -0.435. The highest BCUT2D eigenvalue weighted by atomic mass is 16.3. The third-order valence-corrected chi connectivity index (χ3v) is 3.37. The summed E-state index contributed by atoms with van der Waals surface area (Å²) in [6, 6.07) is -0.541. The van der Waals surface area contributed by atoms with Crippen molar-refractivity contribution in [2.45, 2.75) is 56.7 Å². The fourth-order valence-electron chi connectivity index (χ4n) is 2.37. The van der Waals surface area contributed by atoms with Crippen molar-refractivity contribution in [3.63, 3.8) is 0 Å². The van der Waals surface area contributed by atoms with Gasteiger partial charge in [0.15, 0.2) is 0 Å². The Hall–Kier alpha value is -1.10. The minimum Gasteiger partial charge on any atom is -0.391 e. The molecule has 2 aliphatic rings. The highest BCUT2D eigenvalue weighted by molar-refractivity contribution is 5.90. The summed E-state index contributed by atoms with van der Waals surface area (Å²) in [5, 5.41) is 15.2. The molecule has 1 heterocycles. The zero-order chi connectivity index (χ0) is 11.5. The predicted molar refractivity (Wildman–Crippen MR) is 57.6 cm³/mol. The number of nitrogens with one attached hydrogen (secondary N) is 2. The molecule has 5 nitrogen and oxygen atoms in total. The van der Waals surface area contributed by atoms with Gasteiger partial charge in [-0.05, 0) is 19.3 Å². The molecule has 0 radical (unpaired) electrons. The van der Waals surface area contributed by atoms with E-state index in [4.69, 9.17) is 0 Å². The van der Waals surface area contributed by atoms with Gasteiger partial charge in [0.25, 0.3) is 0 Å².